The van der Waals surface area contributed by atoms with E-state index in [0.29, 0.717) is 5.01 Å². The molecule has 0 atom stereocenters. The maximum atomic E-state index is 10.0. The summed E-state index contributed by atoms with van der Waals surface area (Å²) in [4.78, 5) is 4.33. The Hall–Kier alpha value is -1.87. The maximum absolute atomic E-state index is 10.0. The standard InChI is InChI=1S/C13H9NOS/c15-11-7-3-1-5-9(11)13-14-10-6-2-4-8-12(10)16-13/h1-8,15H/i1D,3D,5D,7D. The van der Waals surface area contributed by atoms with Gasteiger partial charge in [0, 0.05) is 0 Å². The maximum Gasteiger partial charge on any atom is 0.128 e. The summed E-state index contributed by atoms with van der Waals surface area (Å²) in [5, 5.41) is 10.4. The van der Waals surface area contributed by atoms with Crippen molar-refractivity contribution >= 4 is 21.6 Å². The molecule has 0 spiro atoms. The van der Waals surface area contributed by atoms with Gasteiger partial charge in [-0.15, -0.1) is 11.3 Å². The number of phenolic OH excluding ortho intramolecular Hbond substituents is 1. The number of thiazole rings is 1. The van der Waals surface area contributed by atoms with Crippen LogP contribution in [0, 0.1) is 0 Å². The fourth-order valence-electron chi connectivity index (χ4n) is 1.44. The van der Waals surface area contributed by atoms with Crippen molar-refractivity contribution in [2.24, 2.45) is 0 Å². The quantitative estimate of drug-likeness (QED) is 0.693. The van der Waals surface area contributed by atoms with Gasteiger partial charge in [0.1, 0.15) is 10.8 Å². The van der Waals surface area contributed by atoms with E-state index in [0.717, 1.165) is 10.2 Å². The van der Waals surface area contributed by atoms with Gasteiger partial charge in [-0.1, -0.05) is 24.2 Å². The summed E-state index contributed by atoms with van der Waals surface area (Å²) >= 11 is 1.28. The van der Waals surface area contributed by atoms with Gasteiger partial charge in [0.25, 0.3) is 0 Å². The summed E-state index contributed by atoms with van der Waals surface area (Å²) in [7, 11) is 0. The molecule has 0 saturated heterocycles. The van der Waals surface area contributed by atoms with Gasteiger partial charge >= 0.3 is 0 Å². The van der Waals surface area contributed by atoms with E-state index < -0.39 is 17.8 Å². The van der Waals surface area contributed by atoms with Crippen LogP contribution in [0.15, 0.2) is 48.4 Å². The van der Waals surface area contributed by atoms with E-state index in [1.54, 1.807) is 0 Å². The van der Waals surface area contributed by atoms with Crippen LogP contribution < -0.4 is 0 Å². The minimum atomic E-state index is -0.463. The number of rotatable bonds is 1. The number of benzene rings is 2. The van der Waals surface area contributed by atoms with Crippen LogP contribution in [-0.2, 0) is 0 Å². The fraction of sp³-hybridized carbons (Fsp3) is 0. The average Bonchev–Trinajstić information content (AvgIpc) is 2.86. The minimum absolute atomic E-state index is 0.0530. The number of para-hydroxylation sites is 2. The number of fused-ring (bicyclic) bond motifs is 1. The molecule has 1 N–H and O–H groups in total. The summed E-state index contributed by atoms with van der Waals surface area (Å²) in [5.74, 6) is -0.463. The highest BCUT2D eigenvalue weighted by molar-refractivity contribution is 7.21. The average molecular weight is 231 g/mol. The number of nitrogens with zero attached hydrogens (tertiary/aromatic N) is 1. The molecule has 0 unspecified atom stereocenters. The number of hydrogen-bond acceptors (Lipinski definition) is 3. The van der Waals surface area contributed by atoms with Gasteiger partial charge < -0.3 is 5.11 Å². The van der Waals surface area contributed by atoms with Crippen molar-refractivity contribution in [3.05, 3.63) is 48.4 Å². The molecule has 0 fully saturated rings. The highest BCUT2D eigenvalue weighted by Crippen LogP contribution is 2.34. The normalized spacial score (nSPS) is 14.2. The van der Waals surface area contributed by atoms with Gasteiger partial charge in [0.15, 0.2) is 0 Å². The second kappa shape index (κ2) is 3.61. The SMILES string of the molecule is [2H]c1c([2H])c([2H])c(-c2nc3ccccc3s2)c(O)c1[2H]. The Morgan fingerprint density at radius 2 is 2.00 bits per heavy atom. The van der Waals surface area contributed by atoms with Crippen molar-refractivity contribution < 1.29 is 10.6 Å². The Kier molecular flexibility index (Phi) is 1.36. The van der Waals surface area contributed by atoms with Gasteiger partial charge in [-0.3, -0.25) is 0 Å². The van der Waals surface area contributed by atoms with E-state index in [1.165, 1.54) is 11.3 Å². The molecule has 2 aromatic carbocycles. The first-order chi connectivity index (χ1) is 9.50. The van der Waals surface area contributed by atoms with Crippen LogP contribution >= 0.6 is 11.3 Å². The van der Waals surface area contributed by atoms with Gasteiger partial charge in [-0.2, -0.15) is 0 Å². The van der Waals surface area contributed by atoms with Crippen molar-refractivity contribution in [2.45, 2.75) is 0 Å². The largest absolute Gasteiger partial charge is 0.507 e. The van der Waals surface area contributed by atoms with E-state index in [-0.39, 0.29) is 17.6 Å². The lowest BCUT2D eigenvalue weighted by Crippen LogP contribution is -1.76. The minimum Gasteiger partial charge on any atom is -0.507 e. The Morgan fingerprint density at radius 1 is 1.19 bits per heavy atom. The first-order valence-corrected chi connectivity index (χ1v) is 5.47. The van der Waals surface area contributed by atoms with E-state index in [2.05, 4.69) is 4.98 Å². The molecule has 3 aromatic rings. The number of phenols is 1. The zero-order valence-corrected chi connectivity index (χ0v) is 8.93. The number of hydrogen-bond donors (Lipinski definition) is 1. The lowest BCUT2D eigenvalue weighted by molar-refractivity contribution is 0.477. The lowest BCUT2D eigenvalue weighted by Gasteiger charge is -1.98. The van der Waals surface area contributed by atoms with Crippen molar-refractivity contribution in [1.82, 2.24) is 4.98 Å². The predicted octanol–water partition coefficient (Wildman–Crippen LogP) is 3.67. The molecule has 0 amide bonds. The third kappa shape index (κ3) is 1.46. The third-order valence-electron chi connectivity index (χ3n) is 2.18. The van der Waals surface area contributed by atoms with Gasteiger partial charge in [0.05, 0.1) is 21.3 Å². The summed E-state index contributed by atoms with van der Waals surface area (Å²) in [6.07, 6.45) is 0. The summed E-state index contributed by atoms with van der Waals surface area (Å²) in [5.41, 5.74) is 0.788. The molecule has 1 heterocycles. The van der Waals surface area contributed by atoms with E-state index in [4.69, 9.17) is 5.48 Å². The predicted molar refractivity (Wildman–Crippen MR) is 66.7 cm³/mol. The number of aromatic hydroxyl groups is 1. The number of aromatic nitrogens is 1. The molecule has 0 aliphatic carbocycles. The van der Waals surface area contributed by atoms with E-state index in [9.17, 15) is 5.11 Å². The second-order valence-electron chi connectivity index (χ2n) is 3.21. The molecule has 0 aliphatic rings. The van der Waals surface area contributed by atoms with Crippen LogP contribution in [-0.4, -0.2) is 10.1 Å². The van der Waals surface area contributed by atoms with Crippen LogP contribution in [0.4, 0.5) is 0 Å². The highest BCUT2D eigenvalue weighted by atomic mass is 32.1. The van der Waals surface area contributed by atoms with Crippen molar-refractivity contribution in [3.8, 4) is 16.3 Å². The Morgan fingerprint density at radius 3 is 2.88 bits per heavy atom. The molecule has 2 nitrogen and oxygen atoms in total. The lowest BCUT2D eigenvalue weighted by atomic mass is 10.2. The van der Waals surface area contributed by atoms with Crippen molar-refractivity contribution in [2.75, 3.05) is 0 Å². The first kappa shape index (κ1) is 6.01. The Bertz CT molecular complexity index is 769. The van der Waals surface area contributed by atoms with Crippen LogP contribution in [0.25, 0.3) is 20.8 Å². The highest BCUT2D eigenvalue weighted by Gasteiger charge is 2.08. The summed E-state index contributed by atoms with van der Waals surface area (Å²) in [6, 6.07) is 5.86. The van der Waals surface area contributed by atoms with Crippen LogP contribution in [0.5, 0.6) is 5.75 Å². The Labute approximate surface area is 102 Å². The fourth-order valence-corrected chi connectivity index (χ4v) is 2.41. The van der Waals surface area contributed by atoms with Gasteiger partial charge in [-0.05, 0) is 24.2 Å². The molecular formula is C13H9NOS. The smallest absolute Gasteiger partial charge is 0.128 e. The first-order valence-electron chi connectivity index (χ1n) is 6.66. The molecule has 78 valence electrons. The van der Waals surface area contributed by atoms with Crippen LogP contribution in [0.2, 0.25) is 0 Å². The zero-order valence-electron chi connectivity index (χ0n) is 12.1. The van der Waals surface area contributed by atoms with Crippen molar-refractivity contribution in [1.29, 1.82) is 0 Å². The van der Waals surface area contributed by atoms with E-state index in [1.807, 2.05) is 24.3 Å². The topological polar surface area (TPSA) is 33.1 Å². The molecule has 0 aliphatic heterocycles. The Balaban J connectivity index is 2.34. The van der Waals surface area contributed by atoms with Crippen molar-refractivity contribution in [3.63, 3.8) is 0 Å². The molecule has 16 heavy (non-hydrogen) atoms. The van der Waals surface area contributed by atoms with Crippen LogP contribution in [0.3, 0.4) is 0 Å². The molecule has 0 bridgehead atoms. The molecule has 1 aromatic heterocycles. The van der Waals surface area contributed by atoms with Crippen LogP contribution in [0.1, 0.15) is 5.48 Å². The van der Waals surface area contributed by atoms with Gasteiger partial charge in [-0.25, -0.2) is 4.98 Å². The molecular weight excluding hydrogens is 218 g/mol. The monoisotopic (exact) mass is 231 g/mol. The van der Waals surface area contributed by atoms with E-state index >= 15 is 0 Å². The molecule has 0 saturated carbocycles. The third-order valence-corrected chi connectivity index (χ3v) is 3.23. The molecule has 3 heteroatoms. The second-order valence-corrected chi connectivity index (χ2v) is 4.24. The summed E-state index contributed by atoms with van der Waals surface area (Å²) in [6.45, 7) is 0. The zero-order chi connectivity index (χ0) is 14.4. The molecule has 3 rings (SSSR count). The summed E-state index contributed by atoms with van der Waals surface area (Å²) < 4.78 is 31.6. The molecule has 0 radical (unpaired) electrons. The van der Waals surface area contributed by atoms with Gasteiger partial charge in [0.2, 0.25) is 0 Å².